The van der Waals surface area contributed by atoms with Crippen molar-refractivity contribution in [1.82, 2.24) is 9.88 Å². The summed E-state index contributed by atoms with van der Waals surface area (Å²) in [7, 11) is 0. The van der Waals surface area contributed by atoms with E-state index in [4.69, 9.17) is 0 Å². The smallest absolute Gasteiger partial charge is 0.269 e. The number of para-hydroxylation sites is 1. The first kappa shape index (κ1) is 14.5. The van der Waals surface area contributed by atoms with Crippen LogP contribution in [0.5, 0.6) is 0 Å². The molecule has 3 aromatic rings. The Morgan fingerprint density at radius 2 is 1.83 bits per heavy atom. The van der Waals surface area contributed by atoms with Gasteiger partial charge in [-0.25, -0.2) is 4.98 Å². The monoisotopic (exact) mass is 339 g/mol. The number of carbonyl (C=O) groups is 2. The Morgan fingerprint density at radius 3 is 2.58 bits per heavy atom. The third-order valence-electron chi connectivity index (χ3n) is 3.80. The summed E-state index contributed by atoms with van der Waals surface area (Å²) < 4.78 is 0.972. The van der Waals surface area contributed by atoms with Gasteiger partial charge in [-0.3, -0.25) is 24.6 Å². The molecule has 0 saturated carbocycles. The first-order valence-electron chi connectivity index (χ1n) is 7.03. The van der Waals surface area contributed by atoms with Crippen molar-refractivity contribution in [2.75, 3.05) is 0 Å². The van der Waals surface area contributed by atoms with Crippen LogP contribution in [0.15, 0.2) is 42.5 Å². The number of carbonyl (C=O) groups excluding carboxylic acids is 2. The summed E-state index contributed by atoms with van der Waals surface area (Å²) in [6.45, 7) is 0.0551. The Kier molecular flexibility index (Phi) is 3.14. The number of aromatic nitrogens is 1. The minimum absolute atomic E-state index is 0.0551. The number of fused-ring (bicyclic) bond motifs is 2. The van der Waals surface area contributed by atoms with Gasteiger partial charge in [0.25, 0.3) is 17.5 Å². The van der Waals surface area contributed by atoms with Crippen molar-refractivity contribution >= 4 is 39.1 Å². The Balaban J connectivity index is 1.68. The fourth-order valence-electron chi connectivity index (χ4n) is 2.66. The number of hydrogen-bond donors (Lipinski definition) is 0. The summed E-state index contributed by atoms with van der Waals surface area (Å²) in [6, 6.07) is 11.2. The number of non-ortho nitro benzene ring substituents is 1. The third kappa shape index (κ3) is 2.16. The quantitative estimate of drug-likeness (QED) is 0.415. The Hall–Kier alpha value is -3.13. The van der Waals surface area contributed by atoms with Gasteiger partial charge in [-0.1, -0.05) is 12.1 Å². The van der Waals surface area contributed by atoms with Crippen LogP contribution in [0.4, 0.5) is 5.69 Å². The Labute approximate surface area is 139 Å². The summed E-state index contributed by atoms with van der Waals surface area (Å²) in [6.07, 6.45) is 0. The van der Waals surface area contributed by atoms with E-state index in [1.165, 1.54) is 23.5 Å². The molecular formula is C16H9N3O4S. The molecule has 0 radical (unpaired) electrons. The molecule has 2 aromatic carbocycles. The molecule has 1 aliphatic heterocycles. The molecule has 0 atom stereocenters. The van der Waals surface area contributed by atoms with Crippen molar-refractivity contribution in [1.29, 1.82) is 0 Å². The second-order valence-electron chi connectivity index (χ2n) is 5.26. The van der Waals surface area contributed by atoms with Gasteiger partial charge in [0.1, 0.15) is 5.01 Å². The van der Waals surface area contributed by atoms with Gasteiger partial charge in [0.15, 0.2) is 0 Å². The first-order chi connectivity index (χ1) is 11.5. The Bertz CT molecular complexity index is 994. The van der Waals surface area contributed by atoms with Crippen LogP contribution < -0.4 is 0 Å². The van der Waals surface area contributed by atoms with Gasteiger partial charge in [0.05, 0.1) is 32.8 Å². The maximum Gasteiger partial charge on any atom is 0.270 e. The molecule has 4 rings (SSSR count). The van der Waals surface area contributed by atoms with Crippen molar-refractivity contribution in [3.8, 4) is 0 Å². The zero-order valence-electron chi connectivity index (χ0n) is 12.1. The molecule has 0 unspecified atom stereocenters. The lowest BCUT2D eigenvalue weighted by Gasteiger charge is -2.11. The highest BCUT2D eigenvalue weighted by molar-refractivity contribution is 7.18. The van der Waals surface area contributed by atoms with E-state index < -0.39 is 16.7 Å². The molecular weight excluding hydrogens is 330 g/mol. The molecule has 7 nitrogen and oxygen atoms in total. The molecule has 0 aliphatic carbocycles. The predicted octanol–water partition coefficient (Wildman–Crippen LogP) is 3.00. The number of benzene rings is 2. The number of amides is 2. The van der Waals surface area contributed by atoms with Crippen molar-refractivity contribution in [3.05, 3.63) is 68.7 Å². The number of imide groups is 1. The second-order valence-corrected chi connectivity index (χ2v) is 6.37. The minimum Gasteiger partial charge on any atom is -0.269 e. The average molecular weight is 339 g/mol. The zero-order chi connectivity index (χ0) is 16.8. The number of hydrogen-bond acceptors (Lipinski definition) is 6. The maximum atomic E-state index is 12.5. The van der Waals surface area contributed by atoms with E-state index >= 15 is 0 Å². The van der Waals surface area contributed by atoms with Crippen LogP contribution in [0.25, 0.3) is 10.2 Å². The van der Waals surface area contributed by atoms with Crippen LogP contribution in [0, 0.1) is 10.1 Å². The highest BCUT2D eigenvalue weighted by atomic mass is 32.1. The lowest BCUT2D eigenvalue weighted by Crippen LogP contribution is -2.29. The highest BCUT2D eigenvalue weighted by Crippen LogP contribution is 2.29. The molecule has 1 aliphatic rings. The standard InChI is InChI=1S/C16H9N3O4S/c20-15-10-6-5-9(19(22)23)7-11(10)16(21)18(15)8-14-17-12-3-1-2-4-13(12)24-14/h1-7H,8H2. The van der Waals surface area contributed by atoms with Gasteiger partial charge in [0.2, 0.25) is 0 Å². The lowest BCUT2D eigenvalue weighted by atomic mass is 10.1. The summed E-state index contributed by atoms with van der Waals surface area (Å²) in [4.78, 5) is 40.6. The van der Waals surface area contributed by atoms with Crippen LogP contribution >= 0.6 is 11.3 Å². The van der Waals surface area contributed by atoms with Gasteiger partial charge >= 0.3 is 0 Å². The fraction of sp³-hybridized carbons (Fsp3) is 0.0625. The summed E-state index contributed by atoms with van der Waals surface area (Å²) in [5.74, 6) is -0.984. The molecule has 8 heteroatoms. The van der Waals surface area contributed by atoms with Crippen LogP contribution in [0.1, 0.15) is 25.7 Å². The van der Waals surface area contributed by atoms with Crippen molar-refractivity contribution in [2.24, 2.45) is 0 Å². The van der Waals surface area contributed by atoms with E-state index in [-0.39, 0.29) is 23.4 Å². The van der Waals surface area contributed by atoms with Crippen molar-refractivity contribution in [3.63, 3.8) is 0 Å². The molecule has 2 amide bonds. The van der Waals surface area contributed by atoms with Crippen molar-refractivity contribution < 1.29 is 14.5 Å². The van der Waals surface area contributed by atoms with E-state index in [0.717, 1.165) is 21.2 Å². The first-order valence-corrected chi connectivity index (χ1v) is 7.85. The molecule has 2 heterocycles. The topological polar surface area (TPSA) is 93.4 Å². The molecule has 24 heavy (non-hydrogen) atoms. The number of nitrogens with zero attached hydrogens (tertiary/aromatic N) is 3. The number of nitro benzene ring substituents is 1. The van der Waals surface area contributed by atoms with Crippen LogP contribution in [0.3, 0.4) is 0 Å². The Morgan fingerprint density at radius 1 is 1.08 bits per heavy atom. The molecule has 0 N–H and O–H groups in total. The van der Waals surface area contributed by atoms with Gasteiger partial charge in [0, 0.05) is 12.1 Å². The van der Waals surface area contributed by atoms with Gasteiger partial charge in [-0.15, -0.1) is 11.3 Å². The fourth-order valence-corrected chi connectivity index (χ4v) is 3.62. The van der Waals surface area contributed by atoms with E-state index in [0.29, 0.717) is 5.01 Å². The molecule has 1 aromatic heterocycles. The van der Waals surface area contributed by atoms with Crippen molar-refractivity contribution in [2.45, 2.75) is 6.54 Å². The molecule has 0 saturated heterocycles. The highest BCUT2D eigenvalue weighted by Gasteiger charge is 2.37. The second kappa shape index (κ2) is 5.20. The van der Waals surface area contributed by atoms with E-state index in [1.54, 1.807) is 0 Å². The summed E-state index contributed by atoms with van der Waals surface area (Å²) >= 11 is 1.41. The molecule has 0 fully saturated rings. The number of nitro groups is 1. The minimum atomic E-state index is -0.589. The molecule has 0 bridgehead atoms. The number of thiazole rings is 1. The summed E-state index contributed by atoms with van der Waals surface area (Å²) in [5.41, 5.74) is 0.850. The van der Waals surface area contributed by atoms with Gasteiger partial charge in [-0.05, 0) is 18.2 Å². The van der Waals surface area contributed by atoms with Crippen LogP contribution in [-0.2, 0) is 6.54 Å². The average Bonchev–Trinajstić information content (AvgIpc) is 3.09. The largest absolute Gasteiger partial charge is 0.270 e. The maximum absolute atomic E-state index is 12.5. The predicted molar refractivity (Wildman–Crippen MR) is 86.9 cm³/mol. The third-order valence-corrected chi connectivity index (χ3v) is 4.82. The lowest BCUT2D eigenvalue weighted by molar-refractivity contribution is -0.384. The number of rotatable bonds is 3. The summed E-state index contributed by atoms with van der Waals surface area (Å²) in [5, 5.41) is 11.5. The van der Waals surface area contributed by atoms with Gasteiger partial charge < -0.3 is 0 Å². The SMILES string of the molecule is O=C1c2ccc([N+](=O)[O-])cc2C(=O)N1Cc1nc2ccccc2s1. The normalized spacial score (nSPS) is 13.6. The van der Waals surface area contributed by atoms with Gasteiger partial charge in [-0.2, -0.15) is 0 Å². The molecule has 118 valence electrons. The molecule has 0 spiro atoms. The van der Waals surface area contributed by atoms with Crippen LogP contribution in [0.2, 0.25) is 0 Å². The van der Waals surface area contributed by atoms with E-state index in [2.05, 4.69) is 4.98 Å². The van der Waals surface area contributed by atoms with Crippen LogP contribution in [-0.4, -0.2) is 26.6 Å². The van der Waals surface area contributed by atoms with E-state index in [9.17, 15) is 19.7 Å². The van der Waals surface area contributed by atoms with E-state index in [1.807, 2.05) is 24.3 Å². The zero-order valence-corrected chi connectivity index (χ0v) is 12.9.